The van der Waals surface area contributed by atoms with Crippen LogP contribution in [0.2, 0.25) is 0 Å². The van der Waals surface area contributed by atoms with Gasteiger partial charge in [-0.2, -0.15) is 0 Å². The van der Waals surface area contributed by atoms with Crippen molar-refractivity contribution in [1.29, 1.82) is 0 Å². The number of carboxylic acid groups (broad SMARTS) is 1. The predicted molar refractivity (Wildman–Crippen MR) is 83.0 cm³/mol. The molecule has 22 heavy (non-hydrogen) atoms. The second kappa shape index (κ2) is 5.72. The molecule has 0 unspecified atom stereocenters. The Balaban J connectivity index is 1.81. The summed E-state index contributed by atoms with van der Waals surface area (Å²) in [5, 5.41) is 11.6. The van der Waals surface area contributed by atoms with Gasteiger partial charge in [0.25, 0.3) is 0 Å². The molecule has 0 bridgehead atoms. The van der Waals surface area contributed by atoms with Crippen LogP contribution in [-0.2, 0) is 16.0 Å². The Morgan fingerprint density at radius 2 is 2.14 bits per heavy atom. The largest absolute Gasteiger partial charge is 0.479 e. The maximum Gasteiger partial charge on any atom is 0.329 e. The Bertz CT molecular complexity index is 700. The minimum Gasteiger partial charge on any atom is -0.479 e. The number of hydrogen-bond acceptors (Lipinski definition) is 4. The van der Waals surface area contributed by atoms with E-state index in [4.69, 9.17) is 0 Å². The van der Waals surface area contributed by atoms with Crippen LogP contribution in [0.1, 0.15) is 37.8 Å². The van der Waals surface area contributed by atoms with E-state index in [1.807, 2.05) is 16.0 Å². The highest BCUT2D eigenvalue weighted by atomic mass is 32.1. The van der Waals surface area contributed by atoms with Gasteiger partial charge >= 0.3 is 5.97 Å². The number of hydrogen-bond donors (Lipinski definition) is 1. The SMILES string of the molecule is CN(C(=O)Cc1csc2nccn12)C1(C(=O)O)CCCCC1. The summed E-state index contributed by atoms with van der Waals surface area (Å²) in [6.07, 6.45) is 7.54. The lowest BCUT2D eigenvalue weighted by atomic mass is 9.80. The van der Waals surface area contributed by atoms with E-state index in [1.54, 1.807) is 13.2 Å². The molecule has 1 aliphatic rings. The number of carbonyl (C=O) groups excluding carboxylic acids is 1. The Morgan fingerprint density at radius 3 is 2.82 bits per heavy atom. The molecule has 2 aromatic heterocycles. The maximum absolute atomic E-state index is 12.6. The fourth-order valence-corrected chi connectivity index (χ4v) is 4.09. The number of imidazole rings is 1. The zero-order valence-corrected chi connectivity index (χ0v) is 13.3. The molecular weight excluding hydrogens is 302 g/mol. The van der Waals surface area contributed by atoms with Crippen LogP contribution in [0.4, 0.5) is 0 Å². The zero-order chi connectivity index (χ0) is 15.7. The van der Waals surface area contributed by atoms with Crippen LogP contribution in [0.3, 0.4) is 0 Å². The lowest BCUT2D eigenvalue weighted by molar-refractivity contribution is -0.160. The van der Waals surface area contributed by atoms with Crippen molar-refractivity contribution in [1.82, 2.24) is 14.3 Å². The lowest BCUT2D eigenvalue weighted by Crippen LogP contribution is -2.56. The smallest absolute Gasteiger partial charge is 0.329 e. The number of thiazole rings is 1. The molecule has 7 heteroatoms. The van der Waals surface area contributed by atoms with Gasteiger partial charge in [-0.1, -0.05) is 19.3 Å². The van der Waals surface area contributed by atoms with Gasteiger partial charge < -0.3 is 10.0 Å². The number of amides is 1. The highest BCUT2D eigenvalue weighted by molar-refractivity contribution is 7.15. The van der Waals surface area contributed by atoms with Crippen molar-refractivity contribution in [2.75, 3.05) is 7.05 Å². The summed E-state index contributed by atoms with van der Waals surface area (Å²) < 4.78 is 1.88. The molecule has 3 rings (SSSR count). The van der Waals surface area contributed by atoms with Crippen LogP contribution in [0.25, 0.3) is 4.96 Å². The molecule has 1 amide bonds. The minimum absolute atomic E-state index is 0.155. The molecule has 2 heterocycles. The Labute approximate surface area is 132 Å². The number of carboxylic acids is 1. The van der Waals surface area contributed by atoms with Crippen LogP contribution in [0.15, 0.2) is 17.8 Å². The summed E-state index contributed by atoms with van der Waals surface area (Å²) in [7, 11) is 1.62. The number of fused-ring (bicyclic) bond motifs is 1. The molecule has 0 radical (unpaired) electrons. The van der Waals surface area contributed by atoms with Crippen LogP contribution >= 0.6 is 11.3 Å². The monoisotopic (exact) mass is 321 g/mol. The van der Waals surface area contributed by atoms with E-state index >= 15 is 0 Å². The van der Waals surface area contributed by atoms with E-state index in [1.165, 1.54) is 16.2 Å². The van der Waals surface area contributed by atoms with Gasteiger partial charge in [0.1, 0.15) is 5.54 Å². The van der Waals surface area contributed by atoms with Crippen molar-refractivity contribution in [3.63, 3.8) is 0 Å². The van der Waals surface area contributed by atoms with Gasteiger partial charge in [0, 0.05) is 30.5 Å². The summed E-state index contributed by atoms with van der Waals surface area (Å²) in [6.45, 7) is 0. The normalized spacial score (nSPS) is 17.5. The molecule has 0 spiro atoms. The molecule has 1 N–H and O–H groups in total. The molecular formula is C15H19N3O3S. The summed E-state index contributed by atoms with van der Waals surface area (Å²) in [5.41, 5.74) is -0.190. The molecule has 0 aromatic carbocycles. The Kier molecular flexibility index (Phi) is 3.90. The fraction of sp³-hybridized carbons (Fsp3) is 0.533. The third kappa shape index (κ3) is 2.39. The third-order valence-electron chi connectivity index (χ3n) is 4.64. The van der Waals surface area contributed by atoms with Crippen molar-refractivity contribution in [3.05, 3.63) is 23.5 Å². The molecule has 1 fully saturated rings. The van der Waals surface area contributed by atoms with Gasteiger partial charge in [0.2, 0.25) is 5.91 Å². The van der Waals surface area contributed by atoms with Crippen molar-refractivity contribution in [3.8, 4) is 0 Å². The number of aromatic nitrogens is 2. The highest BCUT2D eigenvalue weighted by Crippen LogP contribution is 2.33. The van der Waals surface area contributed by atoms with Gasteiger partial charge in [-0.25, -0.2) is 9.78 Å². The van der Waals surface area contributed by atoms with Crippen molar-refractivity contribution in [2.45, 2.75) is 44.1 Å². The first-order valence-electron chi connectivity index (χ1n) is 7.44. The summed E-state index contributed by atoms with van der Waals surface area (Å²) >= 11 is 1.48. The number of aliphatic carboxylic acids is 1. The summed E-state index contributed by atoms with van der Waals surface area (Å²) in [4.78, 5) is 30.9. The van der Waals surface area contributed by atoms with Gasteiger partial charge in [0.05, 0.1) is 6.42 Å². The fourth-order valence-electron chi connectivity index (χ4n) is 3.24. The average Bonchev–Trinajstić information content (AvgIpc) is 3.12. The molecule has 1 saturated carbocycles. The van der Waals surface area contributed by atoms with Gasteiger partial charge in [-0.15, -0.1) is 11.3 Å². The Morgan fingerprint density at radius 1 is 1.41 bits per heavy atom. The van der Waals surface area contributed by atoms with Gasteiger partial charge in [-0.3, -0.25) is 9.20 Å². The topological polar surface area (TPSA) is 74.9 Å². The van der Waals surface area contributed by atoms with E-state index in [-0.39, 0.29) is 12.3 Å². The molecule has 2 aromatic rings. The third-order valence-corrected chi connectivity index (χ3v) is 5.55. The zero-order valence-electron chi connectivity index (χ0n) is 12.5. The number of carbonyl (C=O) groups is 2. The summed E-state index contributed by atoms with van der Waals surface area (Å²) in [5.74, 6) is -1.04. The Hall–Kier alpha value is -1.89. The molecule has 0 saturated heterocycles. The van der Waals surface area contributed by atoms with E-state index < -0.39 is 11.5 Å². The van der Waals surface area contributed by atoms with E-state index in [0.29, 0.717) is 12.8 Å². The molecule has 6 nitrogen and oxygen atoms in total. The maximum atomic E-state index is 12.6. The van der Waals surface area contributed by atoms with Crippen LogP contribution in [0.5, 0.6) is 0 Å². The predicted octanol–water partition coefficient (Wildman–Crippen LogP) is 2.18. The number of rotatable bonds is 4. The number of nitrogens with zero attached hydrogens (tertiary/aromatic N) is 3. The number of likely N-dealkylation sites (N-methyl/N-ethyl adjacent to an activating group) is 1. The van der Waals surface area contributed by atoms with Crippen molar-refractivity contribution >= 4 is 28.2 Å². The van der Waals surface area contributed by atoms with Crippen molar-refractivity contribution in [2.24, 2.45) is 0 Å². The van der Waals surface area contributed by atoms with E-state index in [0.717, 1.165) is 29.9 Å². The van der Waals surface area contributed by atoms with Crippen LogP contribution in [0, 0.1) is 0 Å². The average molecular weight is 321 g/mol. The molecule has 1 aliphatic carbocycles. The molecule has 118 valence electrons. The highest BCUT2D eigenvalue weighted by Gasteiger charge is 2.45. The summed E-state index contributed by atoms with van der Waals surface area (Å²) in [6, 6.07) is 0. The standard InChI is InChI=1S/C15H19N3O3S/c1-17(15(13(20)21)5-3-2-4-6-15)12(19)9-11-10-22-14-16-7-8-18(11)14/h7-8,10H,2-6,9H2,1H3,(H,20,21). The first-order valence-corrected chi connectivity index (χ1v) is 8.32. The first-order chi connectivity index (χ1) is 10.5. The quantitative estimate of drug-likeness (QED) is 0.936. The van der Waals surface area contributed by atoms with E-state index in [2.05, 4.69) is 4.98 Å². The van der Waals surface area contributed by atoms with E-state index in [9.17, 15) is 14.7 Å². The van der Waals surface area contributed by atoms with Gasteiger partial charge in [0.15, 0.2) is 4.96 Å². The lowest BCUT2D eigenvalue weighted by Gasteiger charge is -2.41. The second-order valence-corrected chi connectivity index (χ2v) is 6.67. The van der Waals surface area contributed by atoms with Crippen molar-refractivity contribution < 1.29 is 14.7 Å². The molecule has 0 atom stereocenters. The molecule has 0 aliphatic heterocycles. The minimum atomic E-state index is -1.04. The van der Waals surface area contributed by atoms with Crippen LogP contribution in [-0.4, -0.2) is 43.9 Å². The first kappa shape index (κ1) is 15.0. The second-order valence-electron chi connectivity index (χ2n) is 5.83. The van der Waals surface area contributed by atoms with Crippen LogP contribution < -0.4 is 0 Å². The van der Waals surface area contributed by atoms with Gasteiger partial charge in [-0.05, 0) is 12.8 Å².